The molecule has 2 nitrogen and oxygen atoms in total. The molecule has 0 aliphatic heterocycles. The summed E-state index contributed by atoms with van der Waals surface area (Å²) in [4.78, 5) is 0. The summed E-state index contributed by atoms with van der Waals surface area (Å²) in [5.74, 6) is 0.398. The van der Waals surface area contributed by atoms with E-state index in [0.29, 0.717) is 4.47 Å². The van der Waals surface area contributed by atoms with E-state index in [-0.39, 0.29) is 11.5 Å². The van der Waals surface area contributed by atoms with Gasteiger partial charge in [0, 0.05) is 9.86 Å². The molecule has 0 saturated carbocycles. The summed E-state index contributed by atoms with van der Waals surface area (Å²) >= 11 is 3.28. The zero-order valence-electron chi connectivity index (χ0n) is 6.66. The summed E-state index contributed by atoms with van der Waals surface area (Å²) in [6.07, 6.45) is 0. The first kappa shape index (κ1) is 8.38. The average Bonchev–Trinajstić information content (AvgIpc) is 2.02. The molecule has 0 aliphatic carbocycles. The van der Waals surface area contributed by atoms with Gasteiger partial charge in [0.05, 0.1) is 0 Å². The molecule has 66 valence electrons. The minimum Gasteiger partial charge on any atom is -0.508 e. The molecular weight excluding hydrogens is 232 g/mol. The predicted octanol–water partition coefficient (Wildman–Crippen LogP) is 3.01. The summed E-state index contributed by atoms with van der Waals surface area (Å²) in [6.45, 7) is 0. The third-order valence-corrected chi connectivity index (χ3v) is 2.52. The van der Waals surface area contributed by atoms with Crippen LogP contribution in [-0.4, -0.2) is 10.2 Å². The molecule has 0 heterocycles. The molecular formula is C10H7BrO2. The van der Waals surface area contributed by atoms with Crippen LogP contribution in [0.3, 0.4) is 0 Å². The van der Waals surface area contributed by atoms with E-state index >= 15 is 0 Å². The molecule has 2 aromatic carbocycles. The lowest BCUT2D eigenvalue weighted by atomic mass is 10.1. The van der Waals surface area contributed by atoms with Gasteiger partial charge in [0.25, 0.3) is 0 Å². The number of fused-ring (bicyclic) bond motifs is 1. The summed E-state index contributed by atoms with van der Waals surface area (Å²) in [7, 11) is 0. The fourth-order valence-electron chi connectivity index (χ4n) is 1.34. The van der Waals surface area contributed by atoms with Crippen molar-refractivity contribution in [1.82, 2.24) is 0 Å². The van der Waals surface area contributed by atoms with Crippen molar-refractivity contribution in [3.05, 3.63) is 34.8 Å². The number of aromatic hydroxyl groups is 2. The van der Waals surface area contributed by atoms with Crippen LogP contribution in [0, 0.1) is 0 Å². The summed E-state index contributed by atoms with van der Waals surface area (Å²) < 4.78 is 0.695. The van der Waals surface area contributed by atoms with Gasteiger partial charge in [0.15, 0.2) is 0 Å². The van der Waals surface area contributed by atoms with Crippen molar-refractivity contribution < 1.29 is 10.2 Å². The SMILES string of the molecule is Oc1cc(Br)c2c(O)cccc2c1. The molecule has 0 bridgehead atoms. The van der Waals surface area contributed by atoms with E-state index in [0.717, 1.165) is 10.8 Å². The van der Waals surface area contributed by atoms with Crippen molar-refractivity contribution in [3.63, 3.8) is 0 Å². The molecule has 2 aromatic rings. The Balaban J connectivity index is 2.94. The maximum Gasteiger partial charge on any atom is 0.124 e. The van der Waals surface area contributed by atoms with E-state index in [1.54, 1.807) is 24.3 Å². The lowest BCUT2D eigenvalue weighted by Gasteiger charge is -2.03. The number of halogens is 1. The Bertz CT molecular complexity index is 466. The first-order valence-corrected chi connectivity index (χ1v) is 4.58. The molecule has 0 saturated heterocycles. The third kappa shape index (κ3) is 1.35. The van der Waals surface area contributed by atoms with Crippen LogP contribution in [0.1, 0.15) is 0 Å². The van der Waals surface area contributed by atoms with Crippen molar-refractivity contribution in [2.45, 2.75) is 0 Å². The predicted molar refractivity (Wildman–Crippen MR) is 55.0 cm³/mol. The van der Waals surface area contributed by atoms with Crippen LogP contribution in [-0.2, 0) is 0 Å². The molecule has 3 heteroatoms. The second-order valence-electron chi connectivity index (χ2n) is 2.80. The molecule has 0 aliphatic rings. The van der Waals surface area contributed by atoms with Crippen LogP contribution in [0.25, 0.3) is 10.8 Å². The van der Waals surface area contributed by atoms with Gasteiger partial charge in [-0.15, -0.1) is 0 Å². The maximum absolute atomic E-state index is 9.53. The van der Waals surface area contributed by atoms with Gasteiger partial charge in [-0.3, -0.25) is 0 Å². The van der Waals surface area contributed by atoms with Gasteiger partial charge in [-0.05, 0) is 39.5 Å². The smallest absolute Gasteiger partial charge is 0.124 e. The number of rotatable bonds is 0. The molecule has 0 aromatic heterocycles. The quantitative estimate of drug-likeness (QED) is 0.741. The number of benzene rings is 2. The van der Waals surface area contributed by atoms with Crippen LogP contribution in [0.15, 0.2) is 34.8 Å². The van der Waals surface area contributed by atoms with E-state index in [4.69, 9.17) is 0 Å². The van der Waals surface area contributed by atoms with Crippen molar-refractivity contribution in [1.29, 1.82) is 0 Å². The van der Waals surface area contributed by atoms with Gasteiger partial charge in [0.2, 0.25) is 0 Å². The number of phenolic OH excluding ortho intramolecular Hbond substituents is 2. The minimum absolute atomic E-state index is 0.185. The van der Waals surface area contributed by atoms with Crippen LogP contribution in [0.5, 0.6) is 11.5 Å². The van der Waals surface area contributed by atoms with E-state index in [1.165, 1.54) is 0 Å². The highest BCUT2D eigenvalue weighted by atomic mass is 79.9. The summed E-state index contributed by atoms with van der Waals surface area (Å²) in [6, 6.07) is 8.36. The second-order valence-corrected chi connectivity index (χ2v) is 3.66. The Kier molecular flexibility index (Phi) is 1.88. The Morgan fingerprint density at radius 3 is 2.62 bits per heavy atom. The Morgan fingerprint density at radius 2 is 1.85 bits per heavy atom. The molecule has 2 N–H and O–H groups in total. The van der Waals surface area contributed by atoms with E-state index in [9.17, 15) is 10.2 Å². The molecule has 0 amide bonds. The molecule has 0 atom stereocenters. The van der Waals surface area contributed by atoms with E-state index in [2.05, 4.69) is 15.9 Å². The Morgan fingerprint density at radius 1 is 1.08 bits per heavy atom. The van der Waals surface area contributed by atoms with Gasteiger partial charge >= 0.3 is 0 Å². The zero-order valence-corrected chi connectivity index (χ0v) is 8.25. The molecule has 0 unspecified atom stereocenters. The van der Waals surface area contributed by atoms with Crippen LogP contribution in [0.4, 0.5) is 0 Å². The normalized spacial score (nSPS) is 10.5. The van der Waals surface area contributed by atoms with Gasteiger partial charge in [-0.1, -0.05) is 12.1 Å². The largest absolute Gasteiger partial charge is 0.508 e. The van der Waals surface area contributed by atoms with Crippen molar-refractivity contribution in [2.24, 2.45) is 0 Å². The van der Waals surface area contributed by atoms with Crippen molar-refractivity contribution in [3.8, 4) is 11.5 Å². The molecule has 2 rings (SSSR count). The fourth-order valence-corrected chi connectivity index (χ4v) is 2.01. The highest BCUT2D eigenvalue weighted by molar-refractivity contribution is 9.10. The fraction of sp³-hybridized carbons (Fsp3) is 0. The zero-order chi connectivity index (χ0) is 9.42. The number of hydrogen-bond donors (Lipinski definition) is 2. The third-order valence-electron chi connectivity index (χ3n) is 1.89. The Hall–Kier alpha value is -1.22. The Labute approximate surface area is 83.6 Å². The van der Waals surface area contributed by atoms with Crippen molar-refractivity contribution in [2.75, 3.05) is 0 Å². The number of hydrogen-bond acceptors (Lipinski definition) is 2. The van der Waals surface area contributed by atoms with Crippen molar-refractivity contribution >= 4 is 26.7 Å². The highest BCUT2D eigenvalue weighted by Crippen LogP contribution is 2.34. The summed E-state index contributed by atoms with van der Waals surface area (Å²) in [5.41, 5.74) is 0. The van der Waals surface area contributed by atoms with Crippen LogP contribution >= 0.6 is 15.9 Å². The number of phenols is 2. The maximum atomic E-state index is 9.53. The van der Waals surface area contributed by atoms with E-state index < -0.39 is 0 Å². The molecule has 0 spiro atoms. The summed E-state index contributed by atoms with van der Waals surface area (Å²) in [5, 5.41) is 20.4. The monoisotopic (exact) mass is 238 g/mol. The highest BCUT2D eigenvalue weighted by Gasteiger charge is 2.04. The van der Waals surface area contributed by atoms with Crippen LogP contribution in [0.2, 0.25) is 0 Å². The van der Waals surface area contributed by atoms with Gasteiger partial charge in [-0.25, -0.2) is 0 Å². The second kappa shape index (κ2) is 2.92. The van der Waals surface area contributed by atoms with Gasteiger partial charge < -0.3 is 10.2 Å². The molecule has 0 radical (unpaired) electrons. The molecule has 0 fully saturated rings. The van der Waals surface area contributed by atoms with E-state index in [1.807, 2.05) is 6.07 Å². The van der Waals surface area contributed by atoms with Gasteiger partial charge in [0.1, 0.15) is 11.5 Å². The van der Waals surface area contributed by atoms with Gasteiger partial charge in [-0.2, -0.15) is 0 Å². The standard InChI is InChI=1S/C10H7BrO2/c11-8-5-7(12)4-6-2-1-3-9(13)10(6)8/h1-5,12-13H. The average molecular weight is 239 g/mol. The topological polar surface area (TPSA) is 40.5 Å². The minimum atomic E-state index is 0.185. The lowest BCUT2D eigenvalue weighted by molar-refractivity contribution is 0.474. The molecule has 13 heavy (non-hydrogen) atoms. The first-order valence-electron chi connectivity index (χ1n) is 3.78. The van der Waals surface area contributed by atoms with Crippen LogP contribution < -0.4 is 0 Å². The first-order chi connectivity index (χ1) is 6.18. The lowest BCUT2D eigenvalue weighted by Crippen LogP contribution is -1.76.